The van der Waals surface area contributed by atoms with Crippen LogP contribution in [-0.2, 0) is 6.54 Å². The van der Waals surface area contributed by atoms with E-state index in [-0.39, 0.29) is 6.61 Å². The lowest BCUT2D eigenvalue weighted by Crippen LogP contribution is -2.37. The minimum Gasteiger partial charge on any atom is -0.479 e. The van der Waals surface area contributed by atoms with Gasteiger partial charge in [-0.25, -0.2) is 0 Å². The van der Waals surface area contributed by atoms with Gasteiger partial charge in [-0.1, -0.05) is 12.1 Å². The van der Waals surface area contributed by atoms with E-state index in [1.54, 1.807) is 0 Å². The Balaban J connectivity index is 1.62. The molecule has 1 aromatic rings. The Morgan fingerprint density at radius 3 is 2.70 bits per heavy atom. The van der Waals surface area contributed by atoms with E-state index in [4.69, 9.17) is 10.00 Å². The maximum absolute atomic E-state index is 8.44. The van der Waals surface area contributed by atoms with Gasteiger partial charge >= 0.3 is 0 Å². The summed E-state index contributed by atoms with van der Waals surface area (Å²) < 4.78 is 5.22. The molecule has 0 amide bonds. The first-order valence-corrected chi connectivity index (χ1v) is 8.13. The highest BCUT2D eigenvalue weighted by atomic mass is 32.2. The predicted molar refractivity (Wildman–Crippen MR) is 83.0 cm³/mol. The Hall–Kier alpha value is -1.22. The molecule has 1 aliphatic rings. The smallest absolute Gasteiger partial charge is 0.174 e. The topological polar surface area (TPSA) is 48.3 Å². The van der Waals surface area contributed by atoms with Crippen molar-refractivity contribution in [3.8, 4) is 11.8 Å². The molecular formula is C15H21N3OS. The van der Waals surface area contributed by atoms with Gasteiger partial charge in [0.05, 0.1) is 0 Å². The molecule has 0 spiro atoms. The molecule has 2 rings (SSSR count). The Morgan fingerprint density at radius 2 is 2.00 bits per heavy atom. The summed E-state index contributed by atoms with van der Waals surface area (Å²) in [5.41, 5.74) is 1.24. The maximum atomic E-state index is 8.44. The largest absolute Gasteiger partial charge is 0.479 e. The number of nitriles is 1. The standard InChI is InChI=1S/C15H21N3OS/c16-5-10-19-15-3-1-14(2-4-15)13-17-6-7-18-8-11-20-12-9-18/h1-4,17H,6-13H2. The van der Waals surface area contributed by atoms with Gasteiger partial charge in [0.25, 0.3) is 0 Å². The molecule has 0 atom stereocenters. The number of hydrogen-bond donors (Lipinski definition) is 1. The zero-order valence-corrected chi connectivity index (χ0v) is 12.5. The van der Waals surface area contributed by atoms with Crippen LogP contribution in [0.2, 0.25) is 0 Å². The molecule has 5 heteroatoms. The van der Waals surface area contributed by atoms with Crippen molar-refractivity contribution in [2.24, 2.45) is 0 Å². The molecule has 0 bridgehead atoms. The number of hydrogen-bond acceptors (Lipinski definition) is 5. The second kappa shape index (κ2) is 8.85. The van der Waals surface area contributed by atoms with E-state index in [0.717, 1.165) is 25.4 Å². The quantitative estimate of drug-likeness (QED) is 0.775. The predicted octanol–water partition coefficient (Wildman–Crippen LogP) is 1.73. The molecule has 4 nitrogen and oxygen atoms in total. The molecule has 0 saturated carbocycles. The van der Waals surface area contributed by atoms with Crippen LogP contribution in [0.4, 0.5) is 0 Å². The van der Waals surface area contributed by atoms with Crippen LogP contribution < -0.4 is 10.1 Å². The van der Waals surface area contributed by atoms with Crippen LogP contribution in [0.25, 0.3) is 0 Å². The third kappa shape index (κ3) is 5.41. The summed E-state index contributed by atoms with van der Waals surface area (Å²) in [4.78, 5) is 2.52. The molecule has 1 fully saturated rings. The summed E-state index contributed by atoms with van der Waals surface area (Å²) in [5.74, 6) is 3.29. The van der Waals surface area contributed by atoms with Gasteiger partial charge in [0.1, 0.15) is 11.8 Å². The zero-order chi connectivity index (χ0) is 14.0. The second-order valence-corrected chi connectivity index (χ2v) is 5.95. The van der Waals surface area contributed by atoms with Crippen molar-refractivity contribution in [1.82, 2.24) is 10.2 Å². The zero-order valence-electron chi connectivity index (χ0n) is 11.7. The van der Waals surface area contributed by atoms with E-state index >= 15 is 0 Å². The highest BCUT2D eigenvalue weighted by Gasteiger charge is 2.08. The average Bonchev–Trinajstić information content (AvgIpc) is 2.52. The second-order valence-electron chi connectivity index (χ2n) is 4.72. The molecule has 108 valence electrons. The van der Waals surface area contributed by atoms with Crippen LogP contribution in [0.1, 0.15) is 5.56 Å². The van der Waals surface area contributed by atoms with E-state index in [9.17, 15) is 0 Å². The Bertz CT molecular complexity index is 424. The van der Waals surface area contributed by atoms with Gasteiger partial charge in [0, 0.05) is 44.2 Å². The van der Waals surface area contributed by atoms with Gasteiger partial charge in [-0.15, -0.1) is 0 Å². The summed E-state index contributed by atoms with van der Waals surface area (Å²) in [6.45, 7) is 5.57. The van der Waals surface area contributed by atoms with Crippen LogP contribution in [0.15, 0.2) is 24.3 Å². The molecule has 1 N–H and O–H groups in total. The Kier molecular flexibility index (Phi) is 6.72. The molecule has 1 aromatic carbocycles. The SMILES string of the molecule is N#CCOc1ccc(CNCCN2CCSCC2)cc1. The first-order chi connectivity index (χ1) is 9.88. The monoisotopic (exact) mass is 291 g/mol. The van der Waals surface area contributed by atoms with Crippen molar-refractivity contribution < 1.29 is 4.74 Å². The summed E-state index contributed by atoms with van der Waals surface area (Å²) in [6, 6.07) is 9.87. The Morgan fingerprint density at radius 1 is 1.25 bits per heavy atom. The van der Waals surface area contributed by atoms with Gasteiger partial charge in [-0.2, -0.15) is 17.0 Å². The van der Waals surface area contributed by atoms with Crippen LogP contribution in [0.3, 0.4) is 0 Å². The number of benzene rings is 1. The lowest BCUT2D eigenvalue weighted by Gasteiger charge is -2.26. The number of ether oxygens (including phenoxy) is 1. The average molecular weight is 291 g/mol. The third-order valence-electron chi connectivity index (χ3n) is 3.26. The van der Waals surface area contributed by atoms with E-state index < -0.39 is 0 Å². The molecule has 1 saturated heterocycles. The molecule has 20 heavy (non-hydrogen) atoms. The maximum Gasteiger partial charge on any atom is 0.174 e. The highest BCUT2D eigenvalue weighted by Crippen LogP contribution is 2.12. The van der Waals surface area contributed by atoms with Crippen molar-refractivity contribution in [2.45, 2.75) is 6.54 Å². The molecule has 0 radical (unpaired) electrons. The van der Waals surface area contributed by atoms with Crippen molar-refractivity contribution in [2.75, 3.05) is 44.3 Å². The van der Waals surface area contributed by atoms with E-state index in [1.807, 2.05) is 42.1 Å². The van der Waals surface area contributed by atoms with Crippen LogP contribution in [-0.4, -0.2) is 49.2 Å². The van der Waals surface area contributed by atoms with Gasteiger partial charge in [-0.3, -0.25) is 0 Å². The van der Waals surface area contributed by atoms with Gasteiger partial charge in [0.15, 0.2) is 6.61 Å². The third-order valence-corrected chi connectivity index (χ3v) is 4.21. The Labute approximate surface area is 125 Å². The van der Waals surface area contributed by atoms with Gasteiger partial charge in [-0.05, 0) is 17.7 Å². The molecule has 0 unspecified atom stereocenters. The highest BCUT2D eigenvalue weighted by molar-refractivity contribution is 7.99. The van der Waals surface area contributed by atoms with Crippen LogP contribution >= 0.6 is 11.8 Å². The minimum absolute atomic E-state index is 0.103. The van der Waals surface area contributed by atoms with Crippen molar-refractivity contribution in [3.63, 3.8) is 0 Å². The fourth-order valence-electron chi connectivity index (χ4n) is 2.11. The molecule has 1 aliphatic heterocycles. The molecular weight excluding hydrogens is 270 g/mol. The van der Waals surface area contributed by atoms with Crippen LogP contribution in [0, 0.1) is 11.3 Å². The van der Waals surface area contributed by atoms with Gasteiger partial charge in [0.2, 0.25) is 0 Å². The van der Waals surface area contributed by atoms with E-state index in [2.05, 4.69) is 10.2 Å². The normalized spacial score (nSPS) is 15.8. The fraction of sp³-hybridized carbons (Fsp3) is 0.533. The van der Waals surface area contributed by atoms with Gasteiger partial charge < -0.3 is 15.0 Å². The lowest BCUT2D eigenvalue weighted by atomic mass is 10.2. The molecule has 0 aromatic heterocycles. The van der Waals surface area contributed by atoms with Crippen molar-refractivity contribution in [3.05, 3.63) is 29.8 Å². The van der Waals surface area contributed by atoms with E-state index in [0.29, 0.717) is 0 Å². The first-order valence-electron chi connectivity index (χ1n) is 6.98. The molecule has 0 aliphatic carbocycles. The van der Waals surface area contributed by atoms with E-state index in [1.165, 1.54) is 30.2 Å². The van der Waals surface area contributed by atoms with Crippen molar-refractivity contribution in [1.29, 1.82) is 5.26 Å². The number of nitrogens with zero attached hydrogens (tertiary/aromatic N) is 2. The minimum atomic E-state index is 0.103. The summed E-state index contributed by atoms with van der Waals surface area (Å²) in [6.07, 6.45) is 0. The summed E-state index contributed by atoms with van der Waals surface area (Å²) in [5, 5.41) is 11.9. The lowest BCUT2D eigenvalue weighted by molar-refractivity contribution is 0.301. The van der Waals surface area contributed by atoms with Crippen molar-refractivity contribution >= 4 is 11.8 Å². The fourth-order valence-corrected chi connectivity index (χ4v) is 3.09. The van der Waals surface area contributed by atoms with Crippen LogP contribution in [0.5, 0.6) is 5.75 Å². The number of rotatable bonds is 7. The number of thioether (sulfide) groups is 1. The summed E-state index contributed by atoms with van der Waals surface area (Å²) in [7, 11) is 0. The summed E-state index contributed by atoms with van der Waals surface area (Å²) >= 11 is 2.05. The molecule has 1 heterocycles. The first kappa shape index (κ1) is 15.2. The number of nitrogens with one attached hydrogen (secondary N) is 1.